The number of rotatable bonds is 3. The molecular weight excluding hydrogens is 224 g/mol. The molecule has 1 aliphatic rings. The Labute approximate surface area is 109 Å². The molecule has 0 radical (unpaired) electrons. The van der Waals surface area contributed by atoms with Gasteiger partial charge in [-0.15, -0.1) is 0 Å². The third kappa shape index (κ3) is 2.72. The highest BCUT2D eigenvalue weighted by Crippen LogP contribution is 2.30. The second-order valence-electron chi connectivity index (χ2n) is 5.84. The summed E-state index contributed by atoms with van der Waals surface area (Å²) in [6.07, 6.45) is 1.84. The van der Waals surface area contributed by atoms with Crippen molar-refractivity contribution in [2.24, 2.45) is 11.1 Å². The molecule has 0 bridgehead atoms. The van der Waals surface area contributed by atoms with Crippen molar-refractivity contribution in [2.75, 3.05) is 19.6 Å². The lowest BCUT2D eigenvalue weighted by Gasteiger charge is -2.21. The van der Waals surface area contributed by atoms with Crippen molar-refractivity contribution in [2.45, 2.75) is 26.7 Å². The number of amides is 1. The molecule has 2 rings (SSSR count). The van der Waals surface area contributed by atoms with Gasteiger partial charge in [0.2, 0.25) is 0 Å². The van der Waals surface area contributed by atoms with E-state index in [1.54, 1.807) is 0 Å². The van der Waals surface area contributed by atoms with Crippen LogP contribution in [0.4, 0.5) is 0 Å². The summed E-state index contributed by atoms with van der Waals surface area (Å²) in [6.45, 7) is 6.72. The summed E-state index contributed by atoms with van der Waals surface area (Å²) >= 11 is 0. The fraction of sp³-hybridized carbons (Fsp3) is 0.533. The van der Waals surface area contributed by atoms with Gasteiger partial charge in [-0.1, -0.05) is 32.0 Å². The molecule has 2 N–H and O–H groups in total. The molecule has 0 spiro atoms. The molecule has 1 heterocycles. The average Bonchev–Trinajstić information content (AvgIpc) is 2.70. The van der Waals surface area contributed by atoms with Gasteiger partial charge in [0.25, 0.3) is 5.91 Å². The van der Waals surface area contributed by atoms with Crippen LogP contribution in [0.3, 0.4) is 0 Å². The predicted molar refractivity (Wildman–Crippen MR) is 73.5 cm³/mol. The highest BCUT2D eigenvalue weighted by Gasteiger charge is 2.32. The van der Waals surface area contributed by atoms with Crippen LogP contribution in [0, 0.1) is 5.41 Å². The Morgan fingerprint density at radius 1 is 1.39 bits per heavy atom. The van der Waals surface area contributed by atoms with Gasteiger partial charge >= 0.3 is 0 Å². The molecule has 0 saturated carbocycles. The van der Waals surface area contributed by atoms with Crippen LogP contribution in [-0.4, -0.2) is 30.4 Å². The Bertz CT molecular complexity index is 440. The van der Waals surface area contributed by atoms with Gasteiger partial charge < -0.3 is 10.6 Å². The van der Waals surface area contributed by atoms with E-state index in [-0.39, 0.29) is 11.3 Å². The number of carbonyl (C=O) groups is 1. The number of nitrogens with two attached hydrogens (primary N) is 1. The number of carbonyl (C=O) groups excluding carboxylic acids is 1. The molecule has 0 aliphatic carbocycles. The fourth-order valence-electron chi connectivity index (χ4n) is 2.56. The molecule has 3 heteroatoms. The Morgan fingerprint density at radius 3 is 2.72 bits per heavy atom. The zero-order chi connectivity index (χ0) is 13.2. The minimum Gasteiger partial charge on any atom is -0.338 e. The van der Waals surface area contributed by atoms with E-state index in [1.165, 1.54) is 0 Å². The maximum atomic E-state index is 12.5. The number of likely N-dealkylation sites (tertiary alicyclic amines) is 1. The second kappa shape index (κ2) is 5.11. The summed E-state index contributed by atoms with van der Waals surface area (Å²) in [5, 5.41) is 0. The minimum atomic E-state index is 0.157. The van der Waals surface area contributed by atoms with E-state index in [4.69, 9.17) is 5.73 Å². The van der Waals surface area contributed by atoms with Gasteiger partial charge in [0.1, 0.15) is 0 Å². The summed E-state index contributed by atoms with van der Waals surface area (Å²) in [6, 6.07) is 7.81. The van der Waals surface area contributed by atoms with E-state index in [0.29, 0.717) is 6.54 Å². The van der Waals surface area contributed by atoms with Gasteiger partial charge in [0, 0.05) is 18.7 Å². The first-order valence-corrected chi connectivity index (χ1v) is 6.61. The van der Waals surface area contributed by atoms with Gasteiger partial charge in [0.15, 0.2) is 0 Å². The molecule has 18 heavy (non-hydrogen) atoms. The molecule has 98 valence electrons. The van der Waals surface area contributed by atoms with E-state index < -0.39 is 0 Å². The molecule has 1 aromatic carbocycles. The summed E-state index contributed by atoms with van der Waals surface area (Å²) in [5.74, 6) is 0.157. The van der Waals surface area contributed by atoms with Crippen molar-refractivity contribution in [3.63, 3.8) is 0 Å². The van der Waals surface area contributed by atoms with Crippen molar-refractivity contribution >= 4 is 5.91 Å². The van der Waals surface area contributed by atoms with Crippen molar-refractivity contribution in [3.8, 4) is 0 Å². The van der Waals surface area contributed by atoms with Crippen LogP contribution in [-0.2, 0) is 6.42 Å². The monoisotopic (exact) mass is 246 g/mol. The first-order valence-electron chi connectivity index (χ1n) is 6.61. The Morgan fingerprint density at radius 2 is 2.11 bits per heavy atom. The van der Waals surface area contributed by atoms with Crippen LogP contribution in [0.5, 0.6) is 0 Å². The van der Waals surface area contributed by atoms with Crippen molar-refractivity contribution < 1.29 is 4.79 Å². The maximum absolute atomic E-state index is 12.5. The number of hydrogen-bond donors (Lipinski definition) is 1. The Hall–Kier alpha value is -1.35. The van der Waals surface area contributed by atoms with Gasteiger partial charge in [-0.2, -0.15) is 0 Å². The average molecular weight is 246 g/mol. The summed E-state index contributed by atoms with van der Waals surface area (Å²) in [4.78, 5) is 14.5. The fourth-order valence-corrected chi connectivity index (χ4v) is 2.56. The number of nitrogens with zero attached hydrogens (tertiary/aromatic N) is 1. The van der Waals surface area contributed by atoms with Gasteiger partial charge in [-0.05, 0) is 36.4 Å². The third-order valence-electron chi connectivity index (χ3n) is 3.63. The smallest absolute Gasteiger partial charge is 0.254 e. The standard InChI is InChI=1S/C15H22N2O/c1-15(2)8-10-17(11-15)14(18)13-6-4-3-5-12(13)7-9-16/h3-6H,7-11,16H2,1-2H3. The molecule has 1 saturated heterocycles. The van der Waals surface area contributed by atoms with Gasteiger partial charge in [-0.3, -0.25) is 4.79 Å². The van der Waals surface area contributed by atoms with Crippen LogP contribution in [0.2, 0.25) is 0 Å². The first-order chi connectivity index (χ1) is 8.53. The predicted octanol–water partition coefficient (Wildman–Crippen LogP) is 2.06. The van der Waals surface area contributed by atoms with Gasteiger partial charge in [-0.25, -0.2) is 0 Å². The third-order valence-corrected chi connectivity index (χ3v) is 3.63. The Balaban J connectivity index is 2.19. The van der Waals surface area contributed by atoms with Crippen LogP contribution in [0.25, 0.3) is 0 Å². The molecular formula is C15H22N2O. The normalized spacial score (nSPS) is 18.1. The number of benzene rings is 1. The lowest BCUT2D eigenvalue weighted by atomic mass is 9.93. The number of hydrogen-bond acceptors (Lipinski definition) is 2. The van der Waals surface area contributed by atoms with E-state index >= 15 is 0 Å². The SMILES string of the molecule is CC1(C)CCN(C(=O)c2ccccc2CCN)C1. The molecule has 1 aliphatic heterocycles. The molecule has 1 fully saturated rings. The van der Waals surface area contributed by atoms with E-state index in [0.717, 1.165) is 37.1 Å². The zero-order valence-electron chi connectivity index (χ0n) is 11.3. The van der Waals surface area contributed by atoms with E-state index in [9.17, 15) is 4.79 Å². The lowest BCUT2D eigenvalue weighted by Crippen LogP contribution is -2.31. The van der Waals surface area contributed by atoms with Crippen LogP contribution < -0.4 is 5.73 Å². The molecule has 0 unspecified atom stereocenters. The van der Waals surface area contributed by atoms with Crippen LogP contribution >= 0.6 is 0 Å². The first kappa shape index (κ1) is 13.1. The van der Waals surface area contributed by atoms with E-state index in [2.05, 4.69) is 13.8 Å². The van der Waals surface area contributed by atoms with E-state index in [1.807, 2.05) is 29.2 Å². The largest absolute Gasteiger partial charge is 0.338 e. The molecule has 1 amide bonds. The second-order valence-corrected chi connectivity index (χ2v) is 5.84. The maximum Gasteiger partial charge on any atom is 0.254 e. The summed E-state index contributed by atoms with van der Waals surface area (Å²) in [7, 11) is 0. The summed E-state index contributed by atoms with van der Waals surface area (Å²) < 4.78 is 0. The summed E-state index contributed by atoms with van der Waals surface area (Å²) in [5.41, 5.74) is 7.73. The molecule has 0 atom stereocenters. The zero-order valence-corrected chi connectivity index (χ0v) is 11.3. The highest BCUT2D eigenvalue weighted by atomic mass is 16.2. The topological polar surface area (TPSA) is 46.3 Å². The minimum absolute atomic E-state index is 0.157. The van der Waals surface area contributed by atoms with Crippen molar-refractivity contribution in [1.29, 1.82) is 0 Å². The van der Waals surface area contributed by atoms with Crippen molar-refractivity contribution in [1.82, 2.24) is 4.90 Å². The Kier molecular flexibility index (Phi) is 3.71. The molecule has 1 aromatic rings. The quantitative estimate of drug-likeness (QED) is 0.887. The van der Waals surface area contributed by atoms with Crippen molar-refractivity contribution in [3.05, 3.63) is 35.4 Å². The molecule has 0 aromatic heterocycles. The van der Waals surface area contributed by atoms with Gasteiger partial charge in [0.05, 0.1) is 0 Å². The molecule has 3 nitrogen and oxygen atoms in total. The lowest BCUT2D eigenvalue weighted by molar-refractivity contribution is 0.0777. The van der Waals surface area contributed by atoms with Crippen LogP contribution in [0.1, 0.15) is 36.2 Å². The highest BCUT2D eigenvalue weighted by molar-refractivity contribution is 5.95. The van der Waals surface area contributed by atoms with Crippen LogP contribution in [0.15, 0.2) is 24.3 Å².